The van der Waals surface area contributed by atoms with E-state index in [2.05, 4.69) is 16.8 Å². The molecular formula is C25H29N3O4. The zero-order valence-electron chi connectivity index (χ0n) is 18.7. The lowest BCUT2D eigenvalue weighted by atomic mass is 10.1. The number of likely N-dealkylation sites (tertiary alicyclic amines) is 1. The second-order valence-corrected chi connectivity index (χ2v) is 7.88. The number of pyridine rings is 1. The summed E-state index contributed by atoms with van der Waals surface area (Å²) in [6, 6.07) is 12.8. The lowest BCUT2D eigenvalue weighted by molar-refractivity contribution is 0.273. The Balaban J connectivity index is 1.84. The van der Waals surface area contributed by atoms with E-state index in [4.69, 9.17) is 9.47 Å². The minimum Gasteiger partial charge on any atom is -0.497 e. The van der Waals surface area contributed by atoms with E-state index in [0.717, 1.165) is 19.5 Å². The van der Waals surface area contributed by atoms with Crippen LogP contribution in [0.25, 0.3) is 16.5 Å². The minimum atomic E-state index is -0.327. The van der Waals surface area contributed by atoms with Crippen LogP contribution in [0.2, 0.25) is 0 Å². The standard InChI is InChI=1S/C25H29N3O4/c1-4-27-13-7-8-17(27)15-26-16-21-19-9-5-6-10-20(19)24(29)28(25(21)30)22-12-11-18(31-2)14-23(22)32-3/h5-6,9-12,14,16-17,30H,4,7-8,13,15H2,1-3H3/t17-/m1/s1. The average Bonchev–Trinajstić information content (AvgIpc) is 3.29. The van der Waals surface area contributed by atoms with Gasteiger partial charge in [-0.25, -0.2) is 4.57 Å². The molecule has 7 nitrogen and oxygen atoms in total. The predicted octanol–water partition coefficient (Wildman–Crippen LogP) is 3.62. The van der Waals surface area contributed by atoms with Gasteiger partial charge in [0.25, 0.3) is 5.56 Å². The summed E-state index contributed by atoms with van der Waals surface area (Å²) < 4.78 is 12.0. The fraction of sp³-hybridized carbons (Fsp3) is 0.360. The molecular weight excluding hydrogens is 406 g/mol. The number of fused-ring (bicyclic) bond motifs is 1. The molecule has 1 N–H and O–H groups in total. The fourth-order valence-electron chi connectivity index (χ4n) is 4.47. The molecule has 3 aromatic rings. The SMILES string of the molecule is CCN1CCC[C@@H]1CN=Cc1c(O)n(-c2ccc(OC)cc2OC)c(=O)c2ccccc12. The van der Waals surface area contributed by atoms with Crippen molar-refractivity contribution in [3.8, 4) is 23.1 Å². The van der Waals surface area contributed by atoms with Crippen LogP contribution < -0.4 is 15.0 Å². The van der Waals surface area contributed by atoms with Crippen molar-refractivity contribution in [2.75, 3.05) is 33.9 Å². The number of methoxy groups -OCH3 is 2. The summed E-state index contributed by atoms with van der Waals surface area (Å²) in [7, 11) is 3.08. The van der Waals surface area contributed by atoms with Gasteiger partial charge < -0.3 is 14.6 Å². The molecule has 1 fully saturated rings. The zero-order chi connectivity index (χ0) is 22.7. The van der Waals surface area contributed by atoms with Gasteiger partial charge in [0.1, 0.15) is 11.5 Å². The lowest BCUT2D eigenvalue weighted by Gasteiger charge is -2.20. The predicted molar refractivity (Wildman–Crippen MR) is 127 cm³/mol. The smallest absolute Gasteiger partial charge is 0.265 e. The third-order valence-corrected chi connectivity index (χ3v) is 6.17. The first-order valence-electron chi connectivity index (χ1n) is 10.9. The van der Waals surface area contributed by atoms with Crippen molar-refractivity contribution in [2.24, 2.45) is 4.99 Å². The van der Waals surface area contributed by atoms with Crippen LogP contribution in [-0.4, -0.2) is 60.7 Å². The van der Waals surface area contributed by atoms with E-state index < -0.39 is 0 Å². The Kier molecular flexibility index (Phi) is 6.46. The number of hydrogen-bond donors (Lipinski definition) is 1. The molecule has 168 valence electrons. The highest BCUT2D eigenvalue weighted by Gasteiger charge is 2.23. The highest BCUT2D eigenvalue weighted by atomic mass is 16.5. The maximum absolute atomic E-state index is 13.4. The maximum atomic E-state index is 13.4. The molecule has 1 saturated heterocycles. The second-order valence-electron chi connectivity index (χ2n) is 7.88. The lowest BCUT2D eigenvalue weighted by Crippen LogP contribution is -2.31. The van der Waals surface area contributed by atoms with Gasteiger partial charge in [-0.2, -0.15) is 0 Å². The van der Waals surface area contributed by atoms with Gasteiger partial charge in [0.2, 0.25) is 5.88 Å². The maximum Gasteiger partial charge on any atom is 0.265 e. The van der Waals surface area contributed by atoms with Crippen LogP contribution in [0.1, 0.15) is 25.3 Å². The van der Waals surface area contributed by atoms with Gasteiger partial charge in [0.15, 0.2) is 0 Å². The van der Waals surface area contributed by atoms with Crippen molar-refractivity contribution < 1.29 is 14.6 Å². The summed E-state index contributed by atoms with van der Waals surface area (Å²) in [5.41, 5.74) is 0.620. The largest absolute Gasteiger partial charge is 0.497 e. The highest BCUT2D eigenvalue weighted by molar-refractivity contribution is 6.01. The summed E-state index contributed by atoms with van der Waals surface area (Å²) in [5.74, 6) is 0.849. The Hall–Kier alpha value is -3.32. The van der Waals surface area contributed by atoms with Crippen LogP contribution >= 0.6 is 0 Å². The van der Waals surface area contributed by atoms with Gasteiger partial charge in [-0.3, -0.25) is 14.7 Å². The third-order valence-electron chi connectivity index (χ3n) is 6.17. The molecule has 4 rings (SSSR count). The Labute approximate surface area is 187 Å². The molecule has 1 atom stereocenters. The highest BCUT2D eigenvalue weighted by Crippen LogP contribution is 2.32. The fourth-order valence-corrected chi connectivity index (χ4v) is 4.47. The van der Waals surface area contributed by atoms with E-state index in [1.54, 1.807) is 37.6 Å². The van der Waals surface area contributed by atoms with Crippen LogP contribution in [-0.2, 0) is 0 Å². The van der Waals surface area contributed by atoms with Crippen LogP contribution in [0.5, 0.6) is 17.4 Å². The molecule has 2 aromatic carbocycles. The molecule has 0 saturated carbocycles. The molecule has 0 unspecified atom stereocenters. The number of ether oxygens (including phenoxy) is 2. The molecule has 1 aromatic heterocycles. The summed E-state index contributed by atoms with van der Waals surface area (Å²) in [4.78, 5) is 20.5. The molecule has 32 heavy (non-hydrogen) atoms. The van der Waals surface area contributed by atoms with Gasteiger partial charge in [0.05, 0.1) is 32.0 Å². The Bertz CT molecular complexity index is 1200. The molecule has 0 spiro atoms. The van der Waals surface area contributed by atoms with Crippen LogP contribution in [0.15, 0.2) is 52.3 Å². The Morgan fingerprint density at radius 2 is 1.94 bits per heavy atom. The van der Waals surface area contributed by atoms with Gasteiger partial charge in [0, 0.05) is 29.1 Å². The first-order valence-corrected chi connectivity index (χ1v) is 10.9. The number of benzene rings is 2. The molecule has 7 heteroatoms. The molecule has 1 aliphatic rings. The first-order chi connectivity index (χ1) is 15.6. The number of nitrogens with zero attached hydrogens (tertiary/aromatic N) is 3. The second kappa shape index (κ2) is 9.44. The van der Waals surface area contributed by atoms with E-state index >= 15 is 0 Å². The van der Waals surface area contributed by atoms with Gasteiger partial charge in [-0.1, -0.05) is 25.1 Å². The Morgan fingerprint density at radius 3 is 2.66 bits per heavy atom. The zero-order valence-corrected chi connectivity index (χ0v) is 18.7. The molecule has 0 amide bonds. The molecule has 2 heterocycles. The number of rotatable bonds is 7. The van der Waals surface area contributed by atoms with Crippen LogP contribution in [0.3, 0.4) is 0 Å². The van der Waals surface area contributed by atoms with Crippen molar-refractivity contribution in [3.63, 3.8) is 0 Å². The number of hydrogen-bond acceptors (Lipinski definition) is 6. The summed E-state index contributed by atoms with van der Waals surface area (Å²) in [6.07, 6.45) is 4.00. The molecule has 0 radical (unpaired) electrons. The number of aliphatic imine (C=N–C) groups is 1. The van der Waals surface area contributed by atoms with E-state index in [1.807, 2.05) is 18.2 Å². The molecule has 0 bridgehead atoms. The van der Waals surface area contributed by atoms with Crippen LogP contribution in [0, 0.1) is 0 Å². The summed E-state index contributed by atoms with van der Waals surface area (Å²) in [5, 5.41) is 12.4. The number of aromatic hydroxyl groups is 1. The van der Waals surface area contributed by atoms with Gasteiger partial charge in [-0.05, 0) is 44.1 Å². The quantitative estimate of drug-likeness (QED) is 0.574. The Morgan fingerprint density at radius 1 is 1.16 bits per heavy atom. The minimum absolute atomic E-state index is 0.167. The van der Waals surface area contributed by atoms with Gasteiger partial charge in [-0.15, -0.1) is 0 Å². The molecule has 1 aliphatic heterocycles. The topological polar surface area (TPSA) is 76.3 Å². The van der Waals surface area contributed by atoms with Crippen molar-refractivity contribution in [3.05, 3.63) is 58.4 Å². The normalized spacial score (nSPS) is 16.8. The number of aromatic nitrogens is 1. The monoisotopic (exact) mass is 435 g/mol. The van der Waals surface area contributed by atoms with Gasteiger partial charge >= 0.3 is 0 Å². The van der Waals surface area contributed by atoms with Crippen molar-refractivity contribution >= 4 is 17.0 Å². The van der Waals surface area contributed by atoms with Crippen LogP contribution in [0.4, 0.5) is 0 Å². The first kappa shape index (κ1) is 21.9. The average molecular weight is 436 g/mol. The van der Waals surface area contributed by atoms with Crippen molar-refractivity contribution in [1.82, 2.24) is 9.47 Å². The molecule has 0 aliphatic carbocycles. The van der Waals surface area contributed by atoms with E-state index in [-0.39, 0.29) is 11.4 Å². The van der Waals surface area contributed by atoms with E-state index in [9.17, 15) is 9.90 Å². The van der Waals surface area contributed by atoms with E-state index in [1.165, 1.54) is 18.1 Å². The number of likely N-dealkylation sites (N-methyl/N-ethyl adjacent to an activating group) is 1. The van der Waals surface area contributed by atoms with Crippen molar-refractivity contribution in [1.29, 1.82) is 0 Å². The summed E-state index contributed by atoms with van der Waals surface area (Å²) in [6.45, 7) is 4.94. The van der Waals surface area contributed by atoms with Crippen molar-refractivity contribution in [2.45, 2.75) is 25.8 Å². The van der Waals surface area contributed by atoms with E-state index in [0.29, 0.717) is 46.1 Å². The summed E-state index contributed by atoms with van der Waals surface area (Å²) >= 11 is 0. The third kappa shape index (κ3) is 3.96.